The predicted molar refractivity (Wildman–Crippen MR) is 79.2 cm³/mol. The second-order valence-corrected chi connectivity index (χ2v) is 6.13. The molecule has 1 aliphatic carbocycles. The third-order valence-corrected chi connectivity index (χ3v) is 4.48. The number of hydrogen-bond acceptors (Lipinski definition) is 3. The monoisotopic (exact) mass is 273 g/mol. The van der Waals surface area contributed by atoms with Gasteiger partial charge in [0.25, 0.3) is 0 Å². The van der Waals surface area contributed by atoms with E-state index in [4.69, 9.17) is 5.73 Å². The lowest BCUT2D eigenvalue weighted by atomic mass is 9.91. The van der Waals surface area contributed by atoms with Gasteiger partial charge in [0.05, 0.1) is 0 Å². The summed E-state index contributed by atoms with van der Waals surface area (Å²) in [6.07, 6.45) is 2.65. The van der Waals surface area contributed by atoms with E-state index in [1.54, 1.807) is 0 Å². The Morgan fingerprint density at radius 2 is 1.75 bits per heavy atom. The van der Waals surface area contributed by atoms with Gasteiger partial charge in [-0.3, -0.25) is 9.69 Å². The van der Waals surface area contributed by atoms with Crippen LogP contribution in [0.3, 0.4) is 0 Å². The molecule has 3 rings (SSSR count). The Hall–Kier alpha value is -1.39. The largest absolute Gasteiger partial charge is 0.338 e. The van der Waals surface area contributed by atoms with Gasteiger partial charge in [0.15, 0.2) is 0 Å². The second-order valence-electron chi connectivity index (χ2n) is 6.13. The van der Waals surface area contributed by atoms with Crippen LogP contribution in [0.25, 0.3) is 0 Å². The van der Waals surface area contributed by atoms with Gasteiger partial charge in [-0.15, -0.1) is 0 Å². The number of hydrogen-bond donors (Lipinski definition) is 1. The fraction of sp³-hybridized carbons (Fsp3) is 0.562. The van der Waals surface area contributed by atoms with Gasteiger partial charge in [-0.25, -0.2) is 0 Å². The summed E-state index contributed by atoms with van der Waals surface area (Å²) in [4.78, 5) is 17.1. The molecule has 1 heterocycles. The Labute approximate surface area is 120 Å². The van der Waals surface area contributed by atoms with Crippen LogP contribution in [0.5, 0.6) is 0 Å². The van der Waals surface area contributed by atoms with Crippen molar-refractivity contribution in [3.05, 3.63) is 35.9 Å². The van der Waals surface area contributed by atoms with Gasteiger partial charge >= 0.3 is 0 Å². The van der Waals surface area contributed by atoms with Crippen molar-refractivity contribution in [2.75, 3.05) is 26.2 Å². The van der Waals surface area contributed by atoms with Gasteiger partial charge in [-0.1, -0.05) is 30.3 Å². The molecule has 1 aliphatic heterocycles. The molecule has 0 spiro atoms. The second kappa shape index (κ2) is 5.19. The summed E-state index contributed by atoms with van der Waals surface area (Å²) in [7, 11) is 0. The van der Waals surface area contributed by atoms with Crippen LogP contribution in [-0.4, -0.2) is 47.9 Å². The van der Waals surface area contributed by atoms with Crippen molar-refractivity contribution in [3.63, 3.8) is 0 Å². The van der Waals surface area contributed by atoms with Crippen molar-refractivity contribution in [3.8, 4) is 0 Å². The van der Waals surface area contributed by atoms with E-state index in [1.165, 1.54) is 12.8 Å². The standard InChI is InChI=1S/C16H23N3O/c1-16(17,13-5-3-2-4-6-13)15(20)19-11-9-18(10-12-19)14-7-8-14/h2-6,14H,7-12,17H2,1H3. The quantitative estimate of drug-likeness (QED) is 0.899. The fourth-order valence-electron chi connectivity index (χ4n) is 2.97. The minimum Gasteiger partial charge on any atom is -0.338 e. The average Bonchev–Trinajstić information content (AvgIpc) is 3.32. The molecule has 4 nitrogen and oxygen atoms in total. The highest BCUT2D eigenvalue weighted by atomic mass is 16.2. The van der Waals surface area contributed by atoms with Crippen LogP contribution in [0, 0.1) is 0 Å². The van der Waals surface area contributed by atoms with E-state index in [9.17, 15) is 4.79 Å². The Morgan fingerprint density at radius 1 is 1.15 bits per heavy atom. The lowest BCUT2D eigenvalue weighted by Crippen LogP contribution is -2.57. The highest BCUT2D eigenvalue weighted by molar-refractivity contribution is 5.87. The van der Waals surface area contributed by atoms with Crippen molar-refractivity contribution < 1.29 is 4.79 Å². The molecule has 2 aliphatic rings. The van der Waals surface area contributed by atoms with Crippen molar-refractivity contribution in [2.45, 2.75) is 31.3 Å². The maximum atomic E-state index is 12.7. The smallest absolute Gasteiger partial charge is 0.247 e. The molecule has 1 amide bonds. The van der Waals surface area contributed by atoms with Crippen LogP contribution in [0.15, 0.2) is 30.3 Å². The molecule has 1 saturated heterocycles. The predicted octanol–water partition coefficient (Wildman–Crippen LogP) is 1.17. The van der Waals surface area contributed by atoms with Crippen LogP contribution in [0.1, 0.15) is 25.3 Å². The van der Waals surface area contributed by atoms with E-state index < -0.39 is 5.54 Å². The molecule has 2 fully saturated rings. The van der Waals surface area contributed by atoms with Crippen molar-refractivity contribution in [1.82, 2.24) is 9.80 Å². The van der Waals surface area contributed by atoms with Gasteiger partial charge in [-0.05, 0) is 25.3 Å². The first kappa shape index (κ1) is 13.6. The van der Waals surface area contributed by atoms with E-state index in [0.29, 0.717) is 0 Å². The number of piperazine rings is 1. The Kier molecular flexibility index (Phi) is 3.52. The molecule has 0 bridgehead atoms. The summed E-state index contributed by atoms with van der Waals surface area (Å²) >= 11 is 0. The number of nitrogens with two attached hydrogens (primary N) is 1. The molecule has 108 valence electrons. The summed E-state index contributed by atoms with van der Waals surface area (Å²) in [5.41, 5.74) is 6.27. The summed E-state index contributed by atoms with van der Waals surface area (Å²) in [6, 6.07) is 10.4. The number of benzene rings is 1. The zero-order valence-corrected chi connectivity index (χ0v) is 12.1. The summed E-state index contributed by atoms with van der Waals surface area (Å²) in [5, 5.41) is 0. The first-order chi connectivity index (χ1) is 9.59. The normalized spacial score (nSPS) is 23.4. The van der Waals surface area contributed by atoms with Gasteiger partial charge in [0.1, 0.15) is 5.54 Å². The first-order valence-corrected chi connectivity index (χ1v) is 7.47. The molecule has 4 heteroatoms. The molecule has 1 atom stereocenters. The first-order valence-electron chi connectivity index (χ1n) is 7.47. The zero-order chi connectivity index (χ0) is 14.2. The molecule has 1 aromatic carbocycles. The third kappa shape index (κ3) is 2.58. The lowest BCUT2D eigenvalue weighted by Gasteiger charge is -2.38. The minimum absolute atomic E-state index is 0.0409. The van der Waals surface area contributed by atoms with Crippen molar-refractivity contribution in [1.29, 1.82) is 0 Å². The number of amides is 1. The van der Waals surface area contributed by atoms with E-state index >= 15 is 0 Å². The number of carbonyl (C=O) groups is 1. The summed E-state index contributed by atoms with van der Waals surface area (Å²) < 4.78 is 0. The van der Waals surface area contributed by atoms with Gasteiger partial charge in [0, 0.05) is 32.2 Å². The number of rotatable bonds is 3. The molecule has 2 N–H and O–H groups in total. The van der Waals surface area contributed by atoms with Crippen LogP contribution in [-0.2, 0) is 10.3 Å². The average molecular weight is 273 g/mol. The highest BCUT2D eigenvalue weighted by Gasteiger charge is 2.37. The van der Waals surface area contributed by atoms with Gasteiger partial charge < -0.3 is 10.6 Å². The van der Waals surface area contributed by atoms with E-state index in [-0.39, 0.29) is 5.91 Å². The zero-order valence-electron chi connectivity index (χ0n) is 12.1. The third-order valence-electron chi connectivity index (χ3n) is 4.48. The maximum Gasteiger partial charge on any atom is 0.247 e. The summed E-state index contributed by atoms with van der Waals surface area (Å²) in [6.45, 7) is 5.39. The molecule has 1 saturated carbocycles. The van der Waals surface area contributed by atoms with Crippen LogP contribution >= 0.6 is 0 Å². The topological polar surface area (TPSA) is 49.6 Å². The molecule has 1 aromatic rings. The van der Waals surface area contributed by atoms with E-state index in [1.807, 2.05) is 42.2 Å². The molecule has 0 radical (unpaired) electrons. The van der Waals surface area contributed by atoms with Crippen LogP contribution in [0.4, 0.5) is 0 Å². The van der Waals surface area contributed by atoms with Crippen molar-refractivity contribution in [2.24, 2.45) is 5.73 Å². The van der Waals surface area contributed by atoms with E-state index in [0.717, 1.165) is 37.8 Å². The lowest BCUT2D eigenvalue weighted by molar-refractivity contribution is -0.138. The molecule has 1 unspecified atom stereocenters. The van der Waals surface area contributed by atoms with Gasteiger partial charge in [-0.2, -0.15) is 0 Å². The van der Waals surface area contributed by atoms with Crippen LogP contribution in [0.2, 0.25) is 0 Å². The van der Waals surface area contributed by atoms with Gasteiger partial charge in [0.2, 0.25) is 5.91 Å². The maximum absolute atomic E-state index is 12.7. The Balaban J connectivity index is 1.66. The Bertz CT molecular complexity index is 474. The fourth-order valence-corrected chi connectivity index (χ4v) is 2.97. The number of nitrogens with zero attached hydrogens (tertiary/aromatic N) is 2. The van der Waals surface area contributed by atoms with E-state index in [2.05, 4.69) is 4.90 Å². The summed E-state index contributed by atoms with van der Waals surface area (Å²) in [5.74, 6) is 0.0409. The van der Waals surface area contributed by atoms with Crippen LogP contribution < -0.4 is 5.73 Å². The Morgan fingerprint density at radius 3 is 2.30 bits per heavy atom. The highest BCUT2D eigenvalue weighted by Crippen LogP contribution is 2.28. The SMILES string of the molecule is CC(N)(C(=O)N1CCN(C2CC2)CC1)c1ccccc1. The minimum atomic E-state index is -0.928. The molecular weight excluding hydrogens is 250 g/mol. The molecule has 0 aromatic heterocycles. The molecule has 20 heavy (non-hydrogen) atoms. The number of carbonyl (C=O) groups excluding carboxylic acids is 1. The van der Waals surface area contributed by atoms with Crippen molar-refractivity contribution >= 4 is 5.91 Å². The molecular formula is C16H23N3O.